The molecule has 18 heavy (non-hydrogen) atoms. The molecule has 0 aromatic heterocycles. The lowest BCUT2D eigenvalue weighted by Gasteiger charge is -2.21. The third-order valence-electron chi connectivity index (χ3n) is 3.61. The average Bonchev–Trinajstić information content (AvgIpc) is 2.58. The van der Waals surface area contributed by atoms with Gasteiger partial charge in [0.25, 0.3) is 0 Å². The highest BCUT2D eigenvalue weighted by Crippen LogP contribution is 2.36. The van der Waals surface area contributed by atoms with Crippen molar-refractivity contribution in [2.75, 3.05) is 19.7 Å². The van der Waals surface area contributed by atoms with E-state index in [1.54, 1.807) is 0 Å². The summed E-state index contributed by atoms with van der Waals surface area (Å²) in [5.41, 5.74) is 9.47. The van der Waals surface area contributed by atoms with E-state index in [9.17, 15) is 0 Å². The fourth-order valence-corrected chi connectivity index (χ4v) is 2.62. The molecule has 0 radical (unpaired) electrons. The van der Waals surface area contributed by atoms with Gasteiger partial charge in [0.15, 0.2) is 0 Å². The summed E-state index contributed by atoms with van der Waals surface area (Å²) in [6.07, 6.45) is 3.27. The zero-order chi connectivity index (χ0) is 13.0. The van der Waals surface area contributed by atoms with E-state index >= 15 is 0 Å². The molecule has 1 aliphatic rings. The maximum absolute atomic E-state index is 5.93. The van der Waals surface area contributed by atoms with E-state index in [0.717, 1.165) is 44.7 Å². The number of aryl methyl sites for hydroxylation is 2. The number of nitrogens with two attached hydrogens (primary N) is 1. The van der Waals surface area contributed by atoms with Crippen molar-refractivity contribution < 1.29 is 4.74 Å². The van der Waals surface area contributed by atoms with Crippen LogP contribution in [0.5, 0.6) is 5.75 Å². The molecule has 0 aliphatic carbocycles. The van der Waals surface area contributed by atoms with Gasteiger partial charge >= 0.3 is 0 Å². The molecule has 1 aromatic carbocycles. The molecule has 0 bridgehead atoms. The smallest absolute Gasteiger partial charge is 0.127 e. The van der Waals surface area contributed by atoms with Crippen LogP contribution in [0.2, 0.25) is 0 Å². The van der Waals surface area contributed by atoms with E-state index < -0.39 is 0 Å². The largest absolute Gasteiger partial charge is 0.493 e. The normalized spacial score (nSPS) is 18.9. The van der Waals surface area contributed by atoms with Crippen molar-refractivity contribution in [3.8, 4) is 5.75 Å². The minimum atomic E-state index is 0.411. The molecule has 0 saturated heterocycles. The van der Waals surface area contributed by atoms with Crippen LogP contribution in [-0.4, -0.2) is 19.7 Å². The second-order valence-electron chi connectivity index (χ2n) is 5.08. The first-order valence-electron chi connectivity index (χ1n) is 6.90. The maximum Gasteiger partial charge on any atom is 0.127 e. The molecule has 100 valence electrons. The highest BCUT2D eigenvalue weighted by Gasteiger charge is 2.22. The molecular weight excluding hydrogens is 224 g/mol. The molecule has 1 atom stereocenters. The molecule has 1 heterocycles. The Morgan fingerprint density at radius 1 is 1.33 bits per heavy atom. The molecule has 1 aromatic rings. The third-order valence-corrected chi connectivity index (χ3v) is 3.61. The van der Waals surface area contributed by atoms with Crippen LogP contribution in [0.25, 0.3) is 0 Å². The van der Waals surface area contributed by atoms with Crippen LogP contribution in [0.15, 0.2) is 12.1 Å². The summed E-state index contributed by atoms with van der Waals surface area (Å²) >= 11 is 0. The van der Waals surface area contributed by atoms with E-state index in [1.165, 1.54) is 16.7 Å². The summed E-state index contributed by atoms with van der Waals surface area (Å²) in [4.78, 5) is 0. The summed E-state index contributed by atoms with van der Waals surface area (Å²) in [5, 5.41) is 3.63. The lowest BCUT2D eigenvalue weighted by Crippen LogP contribution is -2.24. The van der Waals surface area contributed by atoms with Gasteiger partial charge in [0.05, 0.1) is 6.61 Å². The lowest BCUT2D eigenvalue weighted by molar-refractivity contribution is 0.313. The number of hydrogen-bond donors (Lipinski definition) is 2. The first-order chi connectivity index (χ1) is 8.74. The van der Waals surface area contributed by atoms with Gasteiger partial charge in [0.1, 0.15) is 5.75 Å². The summed E-state index contributed by atoms with van der Waals surface area (Å²) < 4.78 is 5.93. The topological polar surface area (TPSA) is 47.3 Å². The van der Waals surface area contributed by atoms with Crippen LogP contribution in [0.4, 0.5) is 0 Å². The molecule has 1 unspecified atom stereocenters. The maximum atomic E-state index is 5.93. The Balaban J connectivity index is 2.25. The van der Waals surface area contributed by atoms with Gasteiger partial charge in [-0.25, -0.2) is 0 Å². The van der Waals surface area contributed by atoms with E-state index in [4.69, 9.17) is 10.5 Å². The number of fused-ring (bicyclic) bond motifs is 1. The number of hydrogen-bond acceptors (Lipinski definition) is 3. The van der Waals surface area contributed by atoms with Gasteiger partial charge in [-0.3, -0.25) is 0 Å². The molecule has 0 spiro atoms. The van der Waals surface area contributed by atoms with Gasteiger partial charge in [-0.2, -0.15) is 0 Å². The van der Waals surface area contributed by atoms with Crippen molar-refractivity contribution in [2.45, 2.75) is 39.2 Å². The number of benzene rings is 1. The van der Waals surface area contributed by atoms with Gasteiger partial charge in [-0.05, 0) is 57.3 Å². The second-order valence-corrected chi connectivity index (χ2v) is 5.08. The second kappa shape index (κ2) is 6.21. The molecular formula is C15H24N2O. The van der Waals surface area contributed by atoms with E-state index in [2.05, 4.69) is 31.3 Å². The van der Waals surface area contributed by atoms with Crippen molar-refractivity contribution >= 4 is 0 Å². The van der Waals surface area contributed by atoms with E-state index in [1.807, 2.05) is 0 Å². The van der Waals surface area contributed by atoms with Crippen molar-refractivity contribution in [2.24, 2.45) is 5.73 Å². The van der Waals surface area contributed by atoms with Crippen molar-refractivity contribution in [1.29, 1.82) is 0 Å². The Morgan fingerprint density at radius 2 is 2.11 bits per heavy atom. The molecule has 3 N–H and O–H groups in total. The summed E-state index contributed by atoms with van der Waals surface area (Å²) in [6, 6.07) is 4.76. The van der Waals surface area contributed by atoms with Crippen LogP contribution < -0.4 is 15.8 Å². The van der Waals surface area contributed by atoms with Crippen LogP contribution in [0, 0.1) is 13.8 Å². The molecule has 1 aliphatic heterocycles. The highest BCUT2D eigenvalue weighted by molar-refractivity contribution is 5.47. The van der Waals surface area contributed by atoms with Crippen LogP contribution >= 0.6 is 0 Å². The summed E-state index contributed by atoms with van der Waals surface area (Å²) in [6.45, 7) is 6.85. The number of rotatable bonds is 4. The molecule has 0 saturated carbocycles. The predicted molar refractivity (Wildman–Crippen MR) is 75.1 cm³/mol. The zero-order valence-corrected chi connectivity index (χ0v) is 11.5. The fourth-order valence-electron chi connectivity index (χ4n) is 2.62. The van der Waals surface area contributed by atoms with Crippen LogP contribution in [0.3, 0.4) is 0 Å². The Bertz CT molecular complexity index is 404. The van der Waals surface area contributed by atoms with Crippen molar-refractivity contribution in [3.63, 3.8) is 0 Å². The van der Waals surface area contributed by atoms with Gasteiger partial charge in [0, 0.05) is 11.6 Å². The lowest BCUT2D eigenvalue weighted by atomic mass is 9.95. The zero-order valence-electron chi connectivity index (χ0n) is 11.5. The predicted octanol–water partition coefficient (Wildman–Crippen LogP) is 2.46. The van der Waals surface area contributed by atoms with Crippen LogP contribution in [-0.2, 0) is 0 Å². The number of nitrogens with one attached hydrogen (secondary N) is 1. The molecule has 2 rings (SSSR count). The Kier molecular flexibility index (Phi) is 4.61. The quantitative estimate of drug-likeness (QED) is 0.805. The van der Waals surface area contributed by atoms with Gasteiger partial charge < -0.3 is 15.8 Å². The van der Waals surface area contributed by atoms with Gasteiger partial charge in [-0.1, -0.05) is 12.1 Å². The molecule has 3 nitrogen and oxygen atoms in total. The van der Waals surface area contributed by atoms with Gasteiger partial charge in [0.2, 0.25) is 0 Å². The highest BCUT2D eigenvalue weighted by atomic mass is 16.5. The Morgan fingerprint density at radius 3 is 2.89 bits per heavy atom. The first kappa shape index (κ1) is 13.4. The first-order valence-corrected chi connectivity index (χ1v) is 6.90. The van der Waals surface area contributed by atoms with Gasteiger partial charge in [-0.15, -0.1) is 0 Å². The Hall–Kier alpha value is -1.06. The monoisotopic (exact) mass is 248 g/mol. The average molecular weight is 248 g/mol. The van der Waals surface area contributed by atoms with E-state index in [0.29, 0.717) is 6.04 Å². The van der Waals surface area contributed by atoms with Crippen LogP contribution in [0.1, 0.15) is 42.0 Å². The SMILES string of the molecule is Cc1ccc(C)c2c1OCCCC2NCCCN. The molecule has 3 heteroatoms. The molecule has 0 amide bonds. The summed E-state index contributed by atoms with van der Waals surface area (Å²) in [5.74, 6) is 1.10. The minimum absolute atomic E-state index is 0.411. The molecule has 0 fully saturated rings. The number of ether oxygens (including phenoxy) is 1. The fraction of sp³-hybridized carbons (Fsp3) is 0.600. The van der Waals surface area contributed by atoms with Crippen molar-refractivity contribution in [3.05, 3.63) is 28.8 Å². The Labute approximate surface area is 110 Å². The van der Waals surface area contributed by atoms with Crippen molar-refractivity contribution in [1.82, 2.24) is 5.32 Å². The summed E-state index contributed by atoms with van der Waals surface area (Å²) in [7, 11) is 0. The van der Waals surface area contributed by atoms with E-state index in [-0.39, 0.29) is 0 Å². The standard InChI is InChI=1S/C15H24N2O/c1-11-6-7-12(2)15-14(11)13(5-3-10-18-15)17-9-4-8-16/h6-7,13,17H,3-5,8-10,16H2,1-2H3. The third kappa shape index (κ3) is 2.85. The minimum Gasteiger partial charge on any atom is -0.493 e.